The molecule has 0 unspecified atom stereocenters. The Bertz CT molecular complexity index is 1580. The van der Waals surface area contributed by atoms with Crippen LogP contribution in [-0.2, 0) is 26.2 Å². The van der Waals surface area contributed by atoms with E-state index >= 15 is 0 Å². The van der Waals surface area contributed by atoms with Crippen LogP contribution in [0.25, 0.3) is 22.3 Å². The quantitative estimate of drug-likeness (QED) is 0.359. The Hall–Kier alpha value is -4.13. The lowest BCUT2D eigenvalue weighted by Gasteiger charge is -2.23. The van der Waals surface area contributed by atoms with E-state index in [1.807, 2.05) is 12.4 Å². The van der Waals surface area contributed by atoms with Crippen LogP contribution in [0.5, 0.6) is 0 Å². The van der Waals surface area contributed by atoms with E-state index < -0.39 is 0 Å². The van der Waals surface area contributed by atoms with E-state index in [0.717, 1.165) is 53.6 Å². The Balaban J connectivity index is 1.42. The fourth-order valence-corrected chi connectivity index (χ4v) is 5.60. The van der Waals surface area contributed by atoms with Crippen molar-refractivity contribution >= 4 is 17.2 Å². The highest BCUT2D eigenvalue weighted by Crippen LogP contribution is 2.34. The average molecular weight is 485 g/mol. The molecule has 2 N–H and O–H groups in total. The van der Waals surface area contributed by atoms with E-state index in [4.69, 9.17) is 9.98 Å². The third kappa shape index (κ3) is 4.14. The fourth-order valence-electron chi connectivity index (χ4n) is 5.60. The zero-order valence-electron chi connectivity index (χ0n) is 20.8. The summed E-state index contributed by atoms with van der Waals surface area (Å²) in [6, 6.07) is 24.2. The minimum absolute atomic E-state index is 0.559. The second kappa shape index (κ2) is 9.07. The van der Waals surface area contributed by atoms with Gasteiger partial charge in [-0.2, -0.15) is 0 Å². The number of aromatic nitrogens is 1. The van der Waals surface area contributed by atoms with Crippen molar-refractivity contribution in [1.29, 1.82) is 0 Å². The second-order valence-electron chi connectivity index (χ2n) is 10.0. The normalized spacial score (nSPS) is 16.6. The molecule has 4 aliphatic heterocycles. The van der Waals surface area contributed by atoms with Crippen LogP contribution in [0.1, 0.15) is 27.8 Å². The lowest BCUT2D eigenvalue weighted by atomic mass is 9.93. The first-order valence-electron chi connectivity index (χ1n) is 12.8. The summed E-state index contributed by atoms with van der Waals surface area (Å²) in [6.07, 6.45) is 3.92. The lowest BCUT2D eigenvalue weighted by molar-refractivity contribution is 0.319. The molecular formula is C31H28N6. The highest BCUT2D eigenvalue weighted by atomic mass is 15.1. The molecular weight excluding hydrogens is 456 g/mol. The molecule has 4 aliphatic rings. The number of nitrogens with one attached hydrogen (secondary N) is 2. The van der Waals surface area contributed by atoms with Crippen LogP contribution in [0.2, 0.25) is 0 Å². The van der Waals surface area contributed by atoms with E-state index in [0.29, 0.717) is 13.2 Å². The number of anilines is 1. The van der Waals surface area contributed by atoms with Gasteiger partial charge in [-0.3, -0.25) is 25.2 Å². The smallest absolute Gasteiger partial charge is 0.152 e. The second-order valence-corrected chi connectivity index (χ2v) is 10.0. The molecule has 0 spiro atoms. The van der Waals surface area contributed by atoms with Crippen LogP contribution >= 0.6 is 0 Å². The van der Waals surface area contributed by atoms with E-state index in [1.165, 1.54) is 33.4 Å². The van der Waals surface area contributed by atoms with Crippen LogP contribution in [-0.4, -0.2) is 35.1 Å². The predicted octanol–water partition coefficient (Wildman–Crippen LogP) is 5.24. The van der Waals surface area contributed by atoms with Crippen molar-refractivity contribution in [2.75, 3.05) is 19.0 Å². The number of rotatable bonds is 0. The molecule has 0 atom stereocenters. The van der Waals surface area contributed by atoms with Crippen LogP contribution in [0.15, 0.2) is 89.1 Å². The van der Waals surface area contributed by atoms with Crippen LogP contribution in [0.3, 0.4) is 0 Å². The van der Waals surface area contributed by atoms with E-state index in [-0.39, 0.29) is 0 Å². The first-order valence-corrected chi connectivity index (χ1v) is 12.8. The standard InChI is InChI=1S/C31H28N6/c1-37-17-20-4-2-5-23(10-20)26-6-3-7-29-28(26)16-34-31(36-29)30-27-12-22(8-9-24(27)14-33-19-35-30)25-11-21(18-37)13-32-15-25/h2-13,15,33H,14,16-19H2,1H3,(H,34,36). The zero-order chi connectivity index (χ0) is 24.8. The molecule has 0 fully saturated rings. The van der Waals surface area contributed by atoms with Crippen LogP contribution in [0.4, 0.5) is 5.69 Å². The zero-order valence-corrected chi connectivity index (χ0v) is 20.8. The van der Waals surface area contributed by atoms with Gasteiger partial charge in [0.2, 0.25) is 0 Å². The Morgan fingerprint density at radius 3 is 2.65 bits per heavy atom. The lowest BCUT2D eigenvalue weighted by Crippen LogP contribution is -2.28. The van der Waals surface area contributed by atoms with Gasteiger partial charge >= 0.3 is 0 Å². The maximum Gasteiger partial charge on any atom is 0.152 e. The number of aliphatic imine (C=N–C) groups is 2. The van der Waals surface area contributed by atoms with Gasteiger partial charge in [0.15, 0.2) is 5.84 Å². The summed E-state index contributed by atoms with van der Waals surface area (Å²) in [5.41, 5.74) is 12.7. The summed E-state index contributed by atoms with van der Waals surface area (Å²) in [6.45, 7) is 3.64. The first kappa shape index (κ1) is 22.1. The van der Waals surface area contributed by atoms with Gasteiger partial charge in [-0.05, 0) is 64.7 Å². The molecule has 182 valence electrons. The van der Waals surface area contributed by atoms with Gasteiger partial charge in [0.25, 0.3) is 0 Å². The molecule has 4 aromatic rings. The summed E-state index contributed by atoms with van der Waals surface area (Å²) >= 11 is 0. The highest BCUT2D eigenvalue weighted by Gasteiger charge is 2.23. The largest absolute Gasteiger partial charge is 0.338 e. The number of hydrogen-bond donors (Lipinski definition) is 2. The molecule has 3 aromatic carbocycles. The topological polar surface area (TPSA) is 64.9 Å². The van der Waals surface area contributed by atoms with Crippen molar-refractivity contribution in [3.05, 3.63) is 107 Å². The molecule has 0 amide bonds. The van der Waals surface area contributed by atoms with Crippen LogP contribution in [0, 0.1) is 0 Å². The van der Waals surface area contributed by atoms with Crippen molar-refractivity contribution in [1.82, 2.24) is 15.2 Å². The molecule has 5 heterocycles. The van der Waals surface area contributed by atoms with E-state index in [9.17, 15) is 0 Å². The Kier molecular flexibility index (Phi) is 5.42. The monoisotopic (exact) mass is 484 g/mol. The maximum atomic E-state index is 5.03. The van der Waals surface area contributed by atoms with Gasteiger partial charge in [-0.15, -0.1) is 0 Å². The molecule has 8 rings (SSSR count). The molecule has 6 nitrogen and oxygen atoms in total. The predicted molar refractivity (Wildman–Crippen MR) is 150 cm³/mol. The number of fused-ring (bicyclic) bond motifs is 3. The van der Waals surface area contributed by atoms with Crippen molar-refractivity contribution in [3.8, 4) is 22.3 Å². The molecule has 10 bridgehead atoms. The van der Waals surface area contributed by atoms with Crippen molar-refractivity contribution in [2.45, 2.75) is 26.2 Å². The highest BCUT2D eigenvalue weighted by molar-refractivity contribution is 6.51. The van der Waals surface area contributed by atoms with Crippen molar-refractivity contribution in [2.24, 2.45) is 9.98 Å². The van der Waals surface area contributed by atoms with Gasteiger partial charge in [0, 0.05) is 54.4 Å². The Morgan fingerprint density at radius 1 is 0.784 bits per heavy atom. The van der Waals surface area contributed by atoms with Crippen molar-refractivity contribution in [3.63, 3.8) is 0 Å². The maximum absolute atomic E-state index is 5.03. The molecule has 0 saturated heterocycles. The van der Waals surface area contributed by atoms with Crippen molar-refractivity contribution < 1.29 is 0 Å². The number of hydrogen-bond acceptors (Lipinski definition) is 6. The van der Waals surface area contributed by atoms with Crippen LogP contribution < -0.4 is 10.6 Å². The van der Waals surface area contributed by atoms with E-state index in [1.54, 1.807) is 0 Å². The van der Waals surface area contributed by atoms with E-state index in [2.05, 4.69) is 94.3 Å². The SMILES string of the molecule is CN1Cc2cncc(c2)-c2ccc3c(c2)C(=NCNC3)C2=NCc3c(cccc3-c3cccc(c3)C1)N2. The molecule has 0 aliphatic carbocycles. The Morgan fingerprint density at radius 2 is 1.68 bits per heavy atom. The third-order valence-corrected chi connectivity index (χ3v) is 7.35. The molecule has 0 saturated carbocycles. The van der Waals surface area contributed by atoms with Gasteiger partial charge in [0.1, 0.15) is 5.71 Å². The number of benzene rings is 3. The summed E-state index contributed by atoms with van der Waals surface area (Å²) in [4.78, 5) is 16.9. The number of pyridine rings is 1. The fraction of sp³-hybridized carbons (Fsp3) is 0.194. The molecule has 37 heavy (non-hydrogen) atoms. The summed E-state index contributed by atoms with van der Waals surface area (Å²) in [5, 5.41) is 7.06. The minimum atomic E-state index is 0.559. The Labute approximate surface area is 216 Å². The third-order valence-electron chi connectivity index (χ3n) is 7.35. The summed E-state index contributed by atoms with van der Waals surface area (Å²) in [7, 11) is 2.17. The number of nitrogens with zero attached hydrogens (tertiary/aromatic N) is 4. The van der Waals surface area contributed by atoms with Gasteiger partial charge in [-0.1, -0.05) is 42.5 Å². The first-order chi connectivity index (χ1) is 18.2. The summed E-state index contributed by atoms with van der Waals surface area (Å²) < 4.78 is 0. The van der Waals surface area contributed by atoms with Gasteiger partial charge < -0.3 is 5.32 Å². The van der Waals surface area contributed by atoms with Gasteiger partial charge in [-0.25, -0.2) is 0 Å². The number of amidine groups is 1. The summed E-state index contributed by atoms with van der Waals surface area (Å²) in [5.74, 6) is 0.829. The molecule has 0 radical (unpaired) electrons. The molecule has 1 aromatic heterocycles. The average Bonchev–Trinajstić information content (AvgIpc) is 3.14. The van der Waals surface area contributed by atoms with Gasteiger partial charge in [0.05, 0.1) is 13.2 Å². The minimum Gasteiger partial charge on any atom is -0.338 e. The molecule has 6 heteroatoms.